The number of thiazole rings is 3. The summed E-state index contributed by atoms with van der Waals surface area (Å²) < 4.78 is 13.3. The molecule has 0 fully saturated rings. The molecule has 0 atom stereocenters. The molecule has 340 valence electrons. The van der Waals surface area contributed by atoms with Crippen molar-refractivity contribution in [2.45, 2.75) is 23.7 Å². The van der Waals surface area contributed by atoms with Crippen LogP contribution in [0, 0.1) is 5.41 Å². The van der Waals surface area contributed by atoms with E-state index in [1.807, 2.05) is 82.2 Å². The van der Waals surface area contributed by atoms with Crippen LogP contribution in [0.3, 0.4) is 0 Å². The van der Waals surface area contributed by atoms with Crippen LogP contribution in [0.5, 0.6) is 0 Å². The molecular formula is C45H41N13O4S5. The maximum absolute atomic E-state index is 13.5. The molecule has 22 heteroatoms. The van der Waals surface area contributed by atoms with Crippen LogP contribution in [0.1, 0.15) is 37.8 Å². The molecule has 6 N–H and O–H groups in total. The lowest BCUT2D eigenvalue weighted by Crippen LogP contribution is -2.31. The van der Waals surface area contributed by atoms with Crippen molar-refractivity contribution in [3.8, 4) is 11.3 Å². The molecule has 0 radical (unpaired) electrons. The first-order chi connectivity index (χ1) is 32.8. The van der Waals surface area contributed by atoms with Gasteiger partial charge in [-0.25, -0.2) is 15.0 Å². The molecule has 67 heavy (non-hydrogen) atoms. The van der Waals surface area contributed by atoms with Gasteiger partial charge in [0.15, 0.2) is 21.7 Å². The number of hydrogen-bond donors (Lipinski definition) is 6. The molecule has 3 aromatic carbocycles. The van der Waals surface area contributed by atoms with E-state index in [0.717, 1.165) is 51.5 Å². The van der Waals surface area contributed by atoms with Crippen LogP contribution in [0.4, 0.5) is 21.1 Å². The molecule has 6 heterocycles. The van der Waals surface area contributed by atoms with Gasteiger partial charge in [-0.2, -0.15) is 10.2 Å². The third kappa shape index (κ3) is 11.8. The smallest absolute Gasteiger partial charge is 0.280 e. The fraction of sp³-hybridized carbons (Fsp3) is 0.178. The Morgan fingerprint density at radius 3 is 2.54 bits per heavy atom. The molecule has 3 amide bonds. The highest BCUT2D eigenvalue weighted by atomic mass is 32.2. The van der Waals surface area contributed by atoms with Crippen molar-refractivity contribution in [2.24, 2.45) is 5.10 Å². The number of carbonyl (C=O) groups is 3. The van der Waals surface area contributed by atoms with Gasteiger partial charge in [-0.1, -0.05) is 89.4 Å². The lowest BCUT2D eigenvalue weighted by atomic mass is 10.1. The first-order valence-corrected chi connectivity index (χ1v) is 25.1. The Bertz CT molecular complexity index is 3020. The van der Waals surface area contributed by atoms with Crippen LogP contribution in [0.15, 0.2) is 123 Å². The summed E-state index contributed by atoms with van der Waals surface area (Å²) in [4.78, 5) is 55.8. The topological polar surface area (TPSA) is 217 Å². The maximum Gasteiger partial charge on any atom is 0.280 e. The first kappa shape index (κ1) is 45.5. The number of nitrogens with one attached hydrogen (secondary N) is 6. The van der Waals surface area contributed by atoms with Gasteiger partial charge in [-0.15, -0.1) is 22.7 Å². The average Bonchev–Trinajstić information content (AvgIpc) is 4.22. The fourth-order valence-electron chi connectivity index (χ4n) is 6.81. The summed E-state index contributed by atoms with van der Waals surface area (Å²) in [6.07, 6.45) is 2.29. The summed E-state index contributed by atoms with van der Waals surface area (Å²) in [5.41, 5.74) is 7.65. The molecule has 0 bridgehead atoms. The van der Waals surface area contributed by atoms with Gasteiger partial charge in [0.05, 0.1) is 50.9 Å². The van der Waals surface area contributed by atoms with Gasteiger partial charge >= 0.3 is 0 Å². The standard InChI is InChI=1S/C45H41N13O4S5/c46-38(29-11-5-2-6-12-29)39(42(61)52-44-50-34(27-64-44)28-9-3-1-4-10-28)53-54-43-48-25-36(66-43)41(60)47-16-20-62-21-19-57-17-8-18-58-31(26-57)24-33(55-58)40(59)51-45-49-32-15-14-30(23-35(32)65-45)56-67-37-13-7-22-63-37/h1-7,9-15,22-25,27,46,56H,8,16-21,26H2,(H,47,60)(H,48,54)(H,49,51,59)(H,50,52,61)/b46-38?,53-39+. The maximum atomic E-state index is 13.5. The third-order valence-electron chi connectivity index (χ3n) is 10.1. The number of hydrogen-bond acceptors (Lipinski definition) is 18. The normalized spacial score (nSPS) is 12.9. The number of thiophene rings is 1. The van der Waals surface area contributed by atoms with Gasteiger partial charge in [-0.05, 0) is 54.1 Å². The van der Waals surface area contributed by atoms with Gasteiger partial charge in [0.1, 0.15) is 4.88 Å². The SMILES string of the molecule is N=C(/C(=N\Nc1ncc(C(=O)NCCOCCN2CCCn3nc(C(=O)Nc4nc5ccc(NSc6cccs6)cc5s4)cc3C2)s1)C(=O)Nc1nc(-c2ccccc2)cs1)c1ccccc1. The number of carbonyl (C=O) groups excluding carboxylic acids is 3. The second-order valence-electron chi connectivity index (χ2n) is 14.7. The minimum Gasteiger partial charge on any atom is -0.378 e. The highest BCUT2D eigenvalue weighted by Crippen LogP contribution is 2.32. The molecule has 9 rings (SSSR count). The van der Waals surface area contributed by atoms with Gasteiger partial charge in [0.25, 0.3) is 17.7 Å². The lowest BCUT2D eigenvalue weighted by molar-refractivity contribution is -0.110. The zero-order chi connectivity index (χ0) is 46.0. The number of aryl methyl sites for hydroxylation is 1. The van der Waals surface area contributed by atoms with E-state index in [0.29, 0.717) is 64.9 Å². The van der Waals surface area contributed by atoms with Crippen LogP contribution >= 0.6 is 57.3 Å². The predicted octanol–water partition coefficient (Wildman–Crippen LogP) is 8.63. The molecule has 0 saturated heterocycles. The van der Waals surface area contributed by atoms with E-state index in [1.54, 1.807) is 47.6 Å². The van der Waals surface area contributed by atoms with Crippen molar-refractivity contribution in [2.75, 3.05) is 53.6 Å². The van der Waals surface area contributed by atoms with E-state index in [2.05, 4.69) is 62.2 Å². The van der Waals surface area contributed by atoms with E-state index in [9.17, 15) is 14.4 Å². The number of aromatic nitrogens is 5. The van der Waals surface area contributed by atoms with Crippen LogP contribution in [-0.4, -0.2) is 91.6 Å². The van der Waals surface area contributed by atoms with E-state index < -0.39 is 5.91 Å². The molecule has 0 unspecified atom stereocenters. The van der Waals surface area contributed by atoms with Crippen molar-refractivity contribution in [3.63, 3.8) is 0 Å². The van der Waals surface area contributed by atoms with Crippen molar-refractivity contribution in [1.29, 1.82) is 5.41 Å². The summed E-state index contributed by atoms with van der Waals surface area (Å²) in [5, 5.41) is 31.3. The number of rotatable bonds is 19. The summed E-state index contributed by atoms with van der Waals surface area (Å²) in [6, 6.07) is 30.3. The van der Waals surface area contributed by atoms with Crippen molar-refractivity contribution >= 4 is 118 Å². The van der Waals surface area contributed by atoms with Crippen LogP contribution in [-0.2, 0) is 22.6 Å². The first-order valence-electron chi connectivity index (χ1n) is 20.9. The molecule has 17 nitrogen and oxygen atoms in total. The Hall–Kier alpha value is -6.66. The van der Waals surface area contributed by atoms with Gasteiger partial charge in [-0.3, -0.25) is 45.4 Å². The number of anilines is 4. The van der Waals surface area contributed by atoms with Crippen molar-refractivity contribution in [1.82, 2.24) is 34.9 Å². The molecule has 0 aliphatic carbocycles. The summed E-state index contributed by atoms with van der Waals surface area (Å²) in [6.45, 7) is 3.88. The molecule has 0 saturated carbocycles. The van der Waals surface area contributed by atoms with Gasteiger partial charge < -0.3 is 14.8 Å². The number of ether oxygens (including phenoxy) is 1. The Morgan fingerprint density at radius 1 is 0.851 bits per heavy atom. The summed E-state index contributed by atoms with van der Waals surface area (Å²) in [5.74, 6) is -1.26. The zero-order valence-corrected chi connectivity index (χ0v) is 39.5. The second kappa shape index (κ2) is 21.8. The zero-order valence-electron chi connectivity index (χ0n) is 35.4. The molecule has 1 aliphatic heterocycles. The second-order valence-corrected chi connectivity index (χ2v) is 19.7. The van der Waals surface area contributed by atoms with Crippen LogP contribution in [0.25, 0.3) is 21.5 Å². The lowest BCUT2D eigenvalue weighted by Gasteiger charge is -2.19. The van der Waals surface area contributed by atoms with E-state index in [1.165, 1.54) is 33.1 Å². The highest BCUT2D eigenvalue weighted by Gasteiger charge is 2.23. The van der Waals surface area contributed by atoms with E-state index in [-0.39, 0.29) is 34.9 Å². The molecule has 8 aromatic rings. The van der Waals surface area contributed by atoms with E-state index in [4.69, 9.17) is 10.1 Å². The molecule has 1 aliphatic rings. The fourth-order valence-corrected chi connectivity index (χ4v) is 10.5. The van der Waals surface area contributed by atoms with Crippen LogP contribution < -0.4 is 26.1 Å². The number of benzene rings is 3. The molecule has 0 spiro atoms. The average molecular weight is 988 g/mol. The number of fused-ring (bicyclic) bond motifs is 2. The number of nitrogens with zero attached hydrogens (tertiary/aromatic N) is 7. The Labute approximate surface area is 404 Å². The Balaban J connectivity index is 0.717. The monoisotopic (exact) mass is 987 g/mol. The minimum atomic E-state index is -0.629. The predicted molar refractivity (Wildman–Crippen MR) is 269 cm³/mol. The Morgan fingerprint density at radius 2 is 1.70 bits per heavy atom. The van der Waals surface area contributed by atoms with Crippen molar-refractivity contribution < 1.29 is 19.1 Å². The van der Waals surface area contributed by atoms with Crippen LogP contribution in [0.2, 0.25) is 0 Å². The van der Waals surface area contributed by atoms with Crippen molar-refractivity contribution in [3.05, 3.63) is 136 Å². The summed E-state index contributed by atoms with van der Waals surface area (Å²) in [7, 11) is 0. The van der Waals surface area contributed by atoms with E-state index >= 15 is 0 Å². The summed E-state index contributed by atoms with van der Waals surface area (Å²) >= 11 is 6.97. The number of amides is 3. The minimum absolute atomic E-state index is 0.106. The third-order valence-corrected chi connectivity index (χ3v) is 14.6. The Kier molecular flexibility index (Phi) is 14.8. The van der Waals surface area contributed by atoms with Gasteiger partial charge in [0, 0.05) is 54.9 Å². The molecule has 5 aromatic heterocycles. The largest absolute Gasteiger partial charge is 0.378 e. The molecular weight excluding hydrogens is 947 g/mol. The quantitative estimate of drug-likeness (QED) is 0.0194. The van der Waals surface area contributed by atoms with Gasteiger partial charge in [0.2, 0.25) is 5.13 Å². The highest BCUT2D eigenvalue weighted by molar-refractivity contribution is 8.02. The number of hydrazone groups is 1.